The minimum atomic E-state index is -3.51. The molecule has 2 aromatic carbocycles. The molecule has 0 saturated carbocycles. The molecule has 2 aromatic rings. The van der Waals surface area contributed by atoms with Crippen LogP contribution >= 0.6 is 0 Å². The molecule has 156 valence electrons. The van der Waals surface area contributed by atoms with Crippen molar-refractivity contribution < 1.29 is 17.6 Å². The van der Waals surface area contributed by atoms with Gasteiger partial charge in [-0.3, -0.25) is 9.69 Å². The molecule has 3 rings (SSSR count). The van der Waals surface area contributed by atoms with Gasteiger partial charge in [-0.2, -0.15) is 4.31 Å². The van der Waals surface area contributed by atoms with Crippen molar-refractivity contribution in [3.63, 3.8) is 0 Å². The SMILES string of the molecule is Cc1ccc(S(=O)(=O)N2CCN(CC(=O)NC(C)c3ccc(F)cc3)CC2)cc1. The second kappa shape index (κ2) is 9.02. The van der Waals surface area contributed by atoms with E-state index in [4.69, 9.17) is 0 Å². The summed E-state index contributed by atoms with van der Waals surface area (Å²) in [6, 6.07) is 12.6. The second-order valence-electron chi connectivity index (χ2n) is 7.33. The van der Waals surface area contributed by atoms with Gasteiger partial charge in [-0.25, -0.2) is 12.8 Å². The van der Waals surface area contributed by atoms with Crippen molar-refractivity contribution in [1.82, 2.24) is 14.5 Å². The molecule has 1 saturated heterocycles. The first kappa shape index (κ1) is 21.4. The molecule has 1 heterocycles. The molecule has 0 aromatic heterocycles. The number of rotatable bonds is 6. The van der Waals surface area contributed by atoms with Crippen LogP contribution in [0, 0.1) is 12.7 Å². The smallest absolute Gasteiger partial charge is 0.243 e. The minimum absolute atomic E-state index is 0.142. The van der Waals surface area contributed by atoms with Gasteiger partial charge in [-0.1, -0.05) is 29.8 Å². The molecule has 0 aliphatic carbocycles. The highest BCUT2D eigenvalue weighted by Gasteiger charge is 2.29. The number of hydrogen-bond acceptors (Lipinski definition) is 4. The molecule has 1 N–H and O–H groups in total. The lowest BCUT2D eigenvalue weighted by Gasteiger charge is -2.33. The van der Waals surface area contributed by atoms with Gasteiger partial charge in [0.1, 0.15) is 5.82 Å². The van der Waals surface area contributed by atoms with Crippen molar-refractivity contribution in [2.45, 2.75) is 24.8 Å². The Kier molecular flexibility index (Phi) is 6.66. The van der Waals surface area contributed by atoms with E-state index in [9.17, 15) is 17.6 Å². The number of nitrogens with one attached hydrogen (secondary N) is 1. The summed E-state index contributed by atoms with van der Waals surface area (Å²) in [6.07, 6.45) is 0. The van der Waals surface area contributed by atoms with Crippen molar-refractivity contribution >= 4 is 15.9 Å². The third kappa shape index (κ3) is 5.41. The predicted molar refractivity (Wildman–Crippen MR) is 109 cm³/mol. The lowest BCUT2D eigenvalue weighted by Crippen LogP contribution is -2.51. The number of amides is 1. The molecule has 0 bridgehead atoms. The Morgan fingerprint density at radius 1 is 1.03 bits per heavy atom. The number of carbonyl (C=O) groups is 1. The van der Waals surface area contributed by atoms with Gasteiger partial charge in [0.05, 0.1) is 17.5 Å². The van der Waals surface area contributed by atoms with E-state index < -0.39 is 10.0 Å². The van der Waals surface area contributed by atoms with E-state index >= 15 is 0 Å². The Labute approximate surface area is 171 Å². The minimum Gasteiger partial charge on any atom is -0.348 e. The van der Waals surface area contributed by atoms with E-state index in [2.05, 4.69) is 5.32 Å². The normalized spacial score (nSPS) is 17.1. The van der Waals surface area contributed by atoms with Crippen molar-refractivity contribution in [2.24, 2.45) is 0 Å². The number of sulfonamides is 1. The van der Waals surface area contributed by atoms with Crippen LogP contribution in [0.4, 0.5) is 4.39 Å². The highest BCUT2D eigenvalue weighted by Crippen LogP contribution is 2.18. The number of benzene rings is 2. The summed E-state index contributed by atoms with van der Waals surface area (Å²) in [7, 11) is -3.51. The van der Waals surface area contributed by atoms with Crippen LogP contribution in [0.2, 0.25) is 0 Å². The number of halogens is 1. The van der Waals surface area contributed by atoms with Gasteiger partial charge in [0.2, 0.25) is 15.9 Å². The average molecular weight is 420 g/mol. The molecule has 6 nitrogen and oxygen atoms in total. The molecule has 1 unspecified atom stereocenters. The number of carbonyl (C=O) groups excluding carboxylic acids is 1. The molecular formula is C21H26FN3O3S. The van der Waals surface area contributed by atoms with E-state index in [0.29, 0.717) is 31.1 Å². The van der Waals surface area contributed by atoms with E-state index in [1.165, 1.54) is 16.4 Å². The Bertz CT molecular complexity index is 938. The van der Waals surface area contributed by atoms with Gasteiger partial charge in [0.25, 0.3) is 0 Å². The molecule has 1 aliphatic rings. The second-order valence-corrected chi connectivity index (χ2v) is 9.27. The first-order chi connectivity index (χ1) is 13.8. The van der Waals surface area contributed by atoms with Crippen LogP contribution in [0.15, 0.2) is 53.4 Å². The molecule has 0 radical (unpaired) electrons. The quantitative estimate of drug-likeness (QED) is 0.780. The zero-order chi connectivity index (χ0) is 21.0. The molecule has 1 aliphatic heterocycles. The summed E-state index contributed by atoms with van der Waals surface area (Å²) in [5.74, 6) is -0.456. The summed E-state index contributed by atoms with van der Waals surface area (Å²) < 4.78 is 40.0. The lowest BCUT2D eigenvalue weighted by atomic mass is 10.1. The highest BCUT2D eigenvalue weighted by atomic mass is 32.2. The molecule has 0 spiro atoms. The van der Waals surface area contributed by atoms with Gasteiger partial charge < -0.3 is 5.32 Å². The number of aryl methyl sites for hydroxylation is 1. The zero-order valence-electron chi connectivity index (χ0n) is 16.6. The zero-order valence-corrected chi connectivity index (χ0v) is 17.5. The number of piperazine rings is 1. The summed E-state index contributed by atoms with van der Waals surface area (Å²) in [5, 5.41) is 2.90. The van der Waals surface area contributed by atoms with Crippen molar-refractivity contribution in [2.75, 3.05) is 32.7 Å². The topological polar surface area (TPSA) is 69.7 Å². The molecule has 1 amide bonds. The molecule has 1 fully saturated rings. The fourth-order valence-electron chi connectivity index (χ4n) is 3.31. The molecule has 1 atom stereocenters. The molecule has 29 heavy (non-hydrogen) atoms. The third-order valence-corrected chi connectivity index (χ3v) is 7.02. The number of hydrogen-bond donors (Lipinski definition) is 1. The fraction of sp³-hybridized carbons (Fsp3) is 0.381. The van der Waals surface area contributed by atoms with Crippen LogP contribution < -0.4 is 5.32 Å². The van der Waals surface area contributed by atoms with Gasteiger partial charge in [0.15, 0.2) is 0 Å². The summed E-state index contributed by atoms with van der Waals surface area (Å²) in [5.41, 5.74) is 1.84. The van der Waals surface area contributed by atoms with Gasteiger partial charge in [0, 0.05) is 26.2 Å². The maximum Gasteiger partial charge on any atom is 0.243 e. The maximum absolute atomic E-state index is 13.0. The largest absolute Gasteiger partial charge is 0.348 e. The fourth-order valence-corrected chi connectivity index (χ4v) is 4.73. The van der Waals surface area contributed by atoms with Gasteiger partial charge in [-0.05, 0) is 43.7 Å². The van der Waals surface area contributed by atoms with Gasteiger partial charge in [-0.15, -0.1) is 0 Å². The third-order valence-electron chi connectivity index (χ3n) is 5.10. The van der Waals surface area contributed by atoms with Crippen LogP contribution in [0.25, 0.3) is 0 Å². The standard InChI is InChI=1S/C21H26FN3O3S/c1-16-3-9-20(10-4-16)29(27,28)25-13-11-24(12-14-25)15-21(26)23-17(2)18-5-7-19(22)8-6-18/h3-10,17H,11-15H2,1-2H3,(H,23,26). The monoisotopic (exact) mass is 419 g/mol. The summed E-state index contributed by atoms with van der Waals surface area (Å²) in [4.78, 5) is 14.6. The van der Waals surface area contributed by atoms with Crippen molar-refractivity contribution in [1.29, 1.82) is 0 Å². The summed E-state index contributed by atoms with van der Waals surface area (Å²) in [6.45, 7) is 5.62. The first-order valence-corrected chi connectivity index (χ1v) is 11.0. The predicted octanol–water partition coefficient (Wildman–Crippen LogP) is 2.32. The Balaban J connectivity index is 1.51. The van der Waals surface area contributed by atoms with Crippen molar-refractivity contribution in [3.8, 4) is 0 Å². The van der Waals surface area contributed by atoms with Crippen LogP contribution in [-0.4, -0.2) is 56.3 Å². The van der Waals surface area contributed by atoms with Crippen LogP contribution in [0.3, 0.4) is 0 Å². The highest BCUT2D eigenvalue weighted by molar-refractivity contribution is 7.89. The van der Waals surface area contributed by atoms with Crippen LogP contribution in [0.1, 0.15) is 24.1 Å². The molecular weight excluding hydrogens is 393 g/mol. The van der Waals surface area contributed by atoms with E-state index in [0.717, 1.165) is 11.1 Å². The first-order valence-electron chi connectivity index (χ1n) is 9.60. The summed E-state index contributed by atoms with van der Waals surface area (Å²) >= 11 is 0. The number of nitrogens with zero attached hydrogens (tertiary/aromatic N) is 2. The molecule has 8 heteroatoms. The average Bonchev–Trinajstić information content (AvgIpc) is 2.69. The lowest BCUT2D eigenvalue weighted by molar-refractivity contribution is -0.123. The Morgan fingerprint density at radius 3 is 2.21 bits per heavy atom. The van der Waals surface area contributed by atoms with Crippen molar-refractivity contribution in [3.05, 3.63) is 65.5 Å². The Morgan fingerprint density at radius 2 is 1.62 bits per heavy atom. The van der Waals surface area contributed by atoms with E-state index in [1.54, 1.807) is 36.4 Å². The van der Waals surface area contributed by atoms with Crippen LogP contribution in [-0.2, 0) is 14.8 Å². The van der Waals surface area contributed by atoms with E-state index in [1.807, 2.05) is 18.7 Å². The van der Waals surface area contributed by atoms with Crippen LogP contribution in [0.5, 0.6) is 0 Å². The van der Waals surface area contributed by atoms with E-state index in [-0.39, 0.29) is 24.3 Å². The van der Waals surface area contributed by atoms with Gasteiger partial charge >= 0.3 is 0 Å². The Hall–Kier alpha value is -2.29. The maximum atomic E-state index is 13.0.